The fourth-order valence-electron chi connectivity index (χ4n) is 2.88. The summed E-state index contributed by atoms with van der Waals surface area (Å²) in [4.78, 5) is 2.55. The minimum Gasteiger partial charge on any atom is -0.463 e. The molecule has 0 atom stereocenters. The average molecular weight is 292 g/mol. The number of nitrogens with one attached hydrogen (secondary N) is 1. The van der Waals surface area contributed by atoms with Crippen molar-refractivity contribution in [3.63, 3.8) is 0 Å². The summed E-state index contributed by atoms with van der Waals surface area (Å²) in [5.41, 5.74) is 1.40. The van der Waals surface area contributed by atoms with Gasteiger partial charge in [-0.05, 0) is 65.3 Å². The van der Waals surface area contributed by atoms with Crippen molar-refractivity contribution >= 4 is 0 Å². The summed E-state index contributed by atoms with van der Waals surface area (Å²) in [5, 5.41) is 3.51. The summed E-state index contributed by atoms with van der Waals surface area (Å²) in [6, 6.07) is 2.22. The van der Waals surface area contributed by atoms with E-state index in [1.807, 2.05) is 0 Å². The van der Waals surface area contributed by atoms with Gasteiger partial charge in [-0.15, -0.1) is 0 Å². The quantitative estimate of drug-likeness (QED) is 0.899. The Labute approximate surface area is 130 Å². The van der Waals surface area contributed by atoms with Crippen LogP contribution in [0, 0.1) is 6.92 Å². The molecule has 0 amide bonds. The van der Waals surface area contributed by atoms with E-state index in [1.54, 1.807) is 0 Å². The Balaban J connectivity index is 1.91. The second-order valence-corrected chi connectivity index (χ2v) is 7.47. The molecular formula is C18H32N2O. The molecule has 0 spiro atoms. The van der Waals surface area contributed by atoms with Gasteiger partial charge in [-0.25, -0.2) is 0 Å². The van der Waals surface area contributed by atoms with E-state index in [1.165, 1.54) is 50.8 Å². The lowest BCUT2D eigenvalue weighted by molar-refractivity contribution is 0.219. The number of likely N-dealkylation sites (tertiary alicyclic amines) is 1. The Bertz CT molecular complexity index is 423. The van der Waals surface area contributed by atoms with Crippen LogP contribution in [0.15, 0.2) is 10.5 Å². The smallest absolute Gasteiger partial charge is 0.120 e. The summed E-state index contributed by atoms with van der Waals surface area (Å²) in [5.74, 6) is 2.21. The largest absolute Gasteiger partial charge is 0.463 e. The van der Waals surface area contributed by atoms with Crippen LogP contribution >= 0.6 is 0 Å². The van der Waals surface area contributed by atoms with E-state index in [4.69, 9.17) is 4.42 Å². The molecular weight excluding hydrogens is 260 g/mol. The van der Waals surface area contributed by atoms with Crippen molar-refractivity contribution < 1.29 is 4.42 Å². The normalized spacial score (nSPS) is 18.5. The fraction of sp³-hybridized carbons (Fsp3) is 0.778. The zero-order valence-corrected chi connectivity index (χ0v) is 14.3. The van der Waals surface area contributed by atoms with E-state index < -0.39 is 0 Å². The van der Waals surface area contributed by atoms with Crippen LogP contribution in [-0.4, -0.2) is 23.5 Å². The Morgan fingerprint density at radius 2 is 1.71 bits per heavy atom. The molecule has 0 bridgehead atoms. The number of furan rings is 1. The monoisotopic (exact) mass is 292 g/mol. The van der Waals surface area contributed by atoms with Crippen molar-refractivity contribution in [1.82, 2.24) is 10.2 Å². The zero-order chi connectivity index (χ0) is 15.3. The number of hydrogen-bond acceptors (Lipinski definition) is 3. The molecule has 1 aliphatic rings. The van der Waals surface area contributed by atoms with E-state index in [-0.39, 0.29) is 5.54 Å². The van der Waals surface area contributed by atoms with Gasteiger partial charge in [0, 0.05) is 5.54 Å². The predicted octanol–water partition coefficient (Wildman–Crippen LogP) is 4.24. The molecule has 2 heterocycles. The molecule has 120 valence electrons. The molecule has 2 rings (SSSR count). The van der Waals surface area contributed by atoms with Gasteiger partial charge in [-0.2, -0.15) is 0 Å². The molecule has 3 heteroatoms. The van der Waals surface area contributed by atoms with E-state index in [2.05, 4.69) is 44.0 Å². The summed E-state index contributed by atoms with van der Waals surface area (Å²) >= 11 is 0. The molecule has 0 aromatic carbocycles. The highest BCUT2D eigenvalue weighted by molar-refractivity contribution is 5.20. The maximum Gasteiger partial charge on any atom is 0.120 e. The lowest BCUT2D eigenvalue weighted by Crippen LogP contribution is -2.35. The molecule has 21 heavy (non-hydrogen) atoms. The fourth-order valence-corrected chi connectivity index (χ4v) is 2.88. The van der Waals surface area contributed by atoms with Crippen LogP contribution in [-0.2, 0) is 13.1 Å². The maximum absolute atomic E-state index is 6.08. The first-order valence-electron chi connectivity index (χ1n) is 8.49. The molecule has 1 fully saturated rings. The lowest BCUT2D eigenvalue weighted by atomic mass is 10.1. The second kappa shape index (κ2) is 7.46. The van der Waals surface area contributed by atoms with E-state index in [0.717, 1.165) is 24.6 Å². The van der Waals surface area contributed by atoms with Crippen molar-refractivity contribution in [2.45, 2.75) is 78.4 Å². The highest BCUT2D eigenvalue weighted by atomic mass is 16.3. The number of nitrogens with zero attached hydrogens (tertiary/aromatic N) is 1. The van der Waals surface area contributed by atoms with Crippen LogP contribution in [0.25, 0.3) is 0 Å². The number of aryl methyl sites for hydroxylation is 1. The van der Waals surface area contributed by atoms with E-state index in [9.17, 15) is 0 Å². The van der Waals surface area contributed by atoms with Gasteiger partial charge >= 0.3 is 0 Å². The Hall–Kier alpha value is -0.800. The SMILES string of the molecule is Cc1cc(CN2CCCCCCC2)oc1CNC(C)(C)C. The Morgan fingerprint density at radius 3 is 2.33 bits per heavy atom. The van der Waals surface area contributed by atoms with Crippen molar-refractivity contribution in [1.29, 1.82) is 0 Å². The van der Waals surface area contributed by atoms with E-state index >= 15 is 0 Å². The Kier molecular flexibility index (Phi) is 5.88. The highest BCUT2D eigenvalue weighted by Gasteiger charge is 2.15. The van der Waals surface area contributed by atoms with Crippen LogP contribution in [0.3, 0.4) is 0 Å². The molecule has 1 N–H and O–H groups in total. The average Bonchev–Trinajstić information content (AvgIpc) is 2.69. The van der Waals surface area contributed by atoms with Crippen molar-refractivity contribution in [2.24, 2.45) is 0 Å². The summed E-state index contributed by atoms with van der Waals surface area (Å²) in [6.07, 6.45) is 6.84. The highest BCUT2D eigenvalue weighted by Crippen LogP contribution is 2.19. The Morgan fingerprint density at radius 1 is 1.10 bits per heavy atom. The summed E-state index contributed by atoms with van der Waals surface area (Å²) in [6.45, 7) is 12.9. The molecule has 0 saturated carbocycles. The topological polar surface area (TPSA) is 28.4 Å². The van der Waals surface area contributed by atoms with Gasteiger partial charge in [0.25, 0.3) is 0 Å². The van der Waals surface area contributed by atoms with Crippen LogP contribution in [0.5, 0.6) is 0 Å². The molecule has 0 aliphatic carbocycles. The van der Waals surface area contributed by atoms with Crippen molar-refractivity contribution in [3.8, 4) is 0 Å². The molecule has 0 radical (unpaired) electrons. The van der Waals surface area contributed by atoms with Crippen LogP contribution in [0.2, 0.25) is 0 Å². The van der Waals surface area contributed by atoms with Gasteiger partial charge in [-0.1, -0.05) is 19.3 Å². The number of hydrogen-bond donors (Lipinski definition) is 1. The van der Waals surface area contributed by atoms with Gasteiger partial charge in [0.2, 0.25) is 0 Å². The van der Waals surface area contributed by atoms with Gasteiger partial charge in [0.1, 0.15) is 11.5 Å². The number of rotatable bonds is 4. The zero-order valence-electron chi connectivity index (χ0n) is 14.3. The summed E-state index contributed by atoms with van der Waals surface area (Å²) in [7, 11) is 0. The first-order chi connectivity index (χ1) is 9.94. The van der Waals surface area contributed by atoms with Gasteiger partial charge in [0.15, 0.2) is 0 Å². The third kappa shape index (κ3) is 5.84. The molecule has 0 unspecified atom stereocenters. The minimum atomic E-state index is 0.127. The second-order valence-electron chi connectivity index (χ2n) is 7.47. The lowest BCUT2D eigenvalue weighted by Gasteiger charge is -2.23. The standard InChI is InChI=1S/C18H32N2O/c1-15-12-16(21-17(15)13-19-18(2,3)4)14-20-10-8-6-5-7-9-11-20/h12,19H,5-11,13-14H2,1-4H3. The molecule has 1 aliphatic heterocycles. The maximum atomic E-state index is 6.08. The molecule has 1 aromatic rings. The van der Waals surface area contributed by atoms with E-state index in [0.29, 0.717) is 0 Å². The third-order valence-electron chi connectivity index (χ3n) is 4.18. The predicted molar refractivity (Wildman–Crippen MR) is 88.4 cm³/mol. The molecule has 1 saturated heterocycles. The van der Waals surface area contributed by atoms with Crippen molar-refractivity contribution in [3.05, 3.63) is 23.2 Å². The van der Waals surface area contributed by atoms with Gasteiger partial charge in [0.05, 0.1) is 13.1 Å². The van der Waals surface area contributed by atoms with Gasteiger partial charge in [-0.3, -0.25) is 4.90 Å². The minimum absolute atomic E-state index is 0.127. The first-order valence-corrected chi connectivity index (χ1v) is 8.49. The molecule has 3 nitrogen and oxygen atoms in total. The summed E-state index contributed by atoms with van der Waals surface area (Å²) < 4.78 is 6.08. The van der Waals surface area contributed by atoms with Gasteiger partial charge < -0.3 is 9.73 Å². The molecule has 1 aromatic heterocycles. The third-order valence-corrected chi connectivity index (χ3v) is 4.18. The van der Waals surface area contributed by atoms with Crippen LogP contribution < -0.4 is 5.32 Å². The van der Waals surface area contributed by atoms with Crippen LogP contribution in [0.4, 0.5) is 0 Å². The van der Waals surface area contributed by atoms with Crippen LogP contribution in [0.1, 0.15) is 70.0 Å². The first kappa shape index (κ1) is 16.6. The van der Waals surface area contributed by atoms with Crippen molar-refractivity contribution in [2.75, 3.05) is 13.1 Å².